The molecule has 2 aromatic carbocycles. The molecule has 0 saturated heterocycles. The number of hydrogen-bond acceptors (Lipinski definition) is 3. The Labute approximate surface area is 148 Å². The molecule has 1 aliphatic carbocycles. The van der Waals surface area contributed by atoms with Crippen LogP contribution in [0.25, 0.3) is 10.9 Å². The summed E-state index contributed by atoms with van der Waals surface area (Å²) in [6, 6.07) is 14.3. The molecule has 0 unspecified atom stereocenters. The molecule has 3 aromatic rings. The standard InChI is InChI=1S/C22H24N2O/c1-22(2,3)14-7-9-15(10-8-14)25-16-11-12-20-18(13-16)21(23)17-5-4-6-19(17)24-20/h7-13H,4-6H2,1-3H3,(H2,23,24). The summed E-state index contributed by atoms with van der Waals surface area (Å²) >= 11 is 0. The number of aromatic nitrogens is 1. The van der Waals surface area contributed by atoms with Gasteiger partial charge in [0.1, 0.15) is 11.5 Å². The van der Waals surface area contributed by atoms with Crippen molar-refractivity contribution in [2.75, 3.05) is 5.73 Å². The highest BCUT2D eigenvalue weighted by molar-refractivity contribution is 5.93. The van der Waals surface area contributed by atoms with E-state index in [-0.39, 0.29) is 5.41 Å². The number of nitrogens with zero attached hydrogens (tertiary/aromatic N) is 1. The van der Waals surface area contributed by atoms with Crippen LogP contribution in [0.5, 0.6) is 11.5 Å². The third-order valence-corrected chi connectivity index (χ3v) is 4.98. The van der Waals surface area contributed by atoms with E-state index in [1.54, 1.807) is 0 Å². The molecule has 0 aliphatic heterocycles. The molecule has 0 fully saturated rings. The predicted molar refractivity (Wildman–Crippen MR) is 103 cm³/mol. The van der Waals surface area contributed by atoms with Gasteiger partial charge in [-0.3, -0.25) is 4.98 Å². The van der Waals surface area contributed by atoms with Crippen LogP contribution in [0.2, 0.25) is 0 Å². The Bertz CT molecular complexity index is 937. The first-order chi connectivity index (χ1) is 11.9. The lowest BCUT2D eigenvalue weighted by molar-refractivity contribution is 0.482. The number of fused-ring (bicyclic) bond motifs is 2. The maximum atomic E-state index is 6.40. The molecular formula is C22H24N2O. The van der Waals surface area contributed by atoms with E-state index < -0.39 is 0 Å². The number of anilines is 1. The van der Waals surface area contributed by atoms with Gasteiger partial charge < -0.3 is 10.5 Å². The number of nitrogen functional groups attached to an aromatic ring is 1. The molecule has 25 heavy (non-hydrogen) atoms. The lowest BCUT2D eigenvalue weighted by atomic mass is 9.87. The van der Waals surface area contributed by atoms with Gasteiger partial charge >= 0.3 is 0 Å². The number of rotatable bonds is 2. The summed E-state index contributed by atoms with van der Waals surface area (Å²) < 4.78 is 6.05. The molecular weight excluding hydrogens is 308 g/mol. The lowest BCUT2D eigenvalue weighted by Crippen LogP contribution is -2.10. The molecule has 3 heteroatoms. The van der Waals surface area contributed by atoms with Crippen LogP contribution in [0.3, 0.4) is 0 Å². The molecule has 0 saturated carbocycles. The van der Waals surface area contributed by atoms with E-state index in [2.05, 4.69) is 32.9 Å². The zero-order valence-corrected chi connectivity index (χ0v) is 15.1. The Hall–Kier alpha value is -2.55. The Kier molecular flexibility index (Phi) is 3.68. The van der Waals surface area contributed by atoms with Gasteiger partial charge in [-0.15, -0.1) is 0 Å². The first-order valence-electron chi connectivity index (χ1n) is 8.91. The Balaban J connectivity index is 1.66. The Morgan fingerprint density at radius 1 is 0.960 bits per heavy atom. The van der Waals surface area contributed by atoms with Gasteiger partial charge in [-0.2, -0.15) is 0 Å². The van der Waals surface area contributed by atoms with Crippen molar-refractivity contribution < 1.29 is 4.74 Å². The van der Waals surface area contributed by atoms with Crippen LogP contribution in [-0.4, -0.2) is 4.98 Å². The first kappa shape index (κ1) is 15.9. The van der Waals surface area contributed by atoms with E-state index in [0.717, 1.165) is 53.0 Å². The molecule has 0 spiro atoms. The van der Waals surface area contributed by atoms with Crippen molar-refractivity contribution in [3.05, 3.63) is 59.3 Å². The fourth-order valence-corrected chi connectivity index (χ4v) is 3.50. The highest BCUT2D eigenvalue weighted by Gasteiger charge is 2.18. The smallest absolute Gasteiger partial charge is 0.128 e. The molecule has 4 rings (SSSR count). The van der Waals surface area contributed by atoms with Crippen LogP contribution < -0.4 is 10.5 Å². The largest absolute Gasteiger partial charge is 0.457 e. The van der Waals surface area contributed by atoms with Crippen molar-refractivity contribution in [1.29, 1.82) is 0 Å². The molecule has 1 aliphatic rings. The molecule has 1 heterocycles. The lowest BCUT2D eigenvalue weighted by Gasteiger charge is -2.19. The Morgan fingerprint density at radius 3 is 2.40 bits per heavy atom. The first-order valence-corrected chi connectivity index (χ1v) is 8.91. The van der Waals surface area contributed by atoms with Crippen LogP contribution in [0, 0.1) is 0 Å². The number of hydrogen-bond donors (Lipinski definition) is 1. The average Bonchev–Trinajstić information content (AvgIpc) is 3.04. The molecule has 2 N–H and O–H groups in total. The molecule has 0 amide bonds. The van der Waals surface area contributed by atoms with Crippen molar-refractivity contribution in [2.45, 2.75) is 45.4 Å². The third kappa shape index (κ3) is 2.95. The summed E-state index contributed by atoms with van der Waals surface area (Å²) in [4.78, 5) is 4.77. The van der Waals surface area contributed by atoms with Gasteiger partial charge in [0.05, 0.1) is 5.52 Å². The van der Waals surface area contributed by atoms with Crippen LogP contribution in [0.15, 0.2) is 42.5 Å². The normalized spacial score (nSPS) is 13.9. The number of nitrogens with two attached hydrogens (primary N) is 1. The summed E-state index contributed by atoms with van der Waals surface area (Å²) in [6.07, 6.45) is 3.21. The number of pyridine rings is 1. The summed E-state index contributed by atoms with van der Waals surface area (Å²) in [5.41, 5.74) is 12.0. The molecule has 0 atom stereocenters. The molecule has 128 valence electrons. The fourth-order valence-electron chi connectivity index (χ4n) is 3.50. The van der Waals surface area contributed by atoms with Gasteiger partial charge in [-0.1, -0.05) is 32.9 Å². The van der Waals surface area contributed by atoms with Gasteiger partial charge in [0.15, 0.2) is 0 Å². The third-order valence-electron chi connectivity index (χ3n) is 4.98. The highest BCUT2D eigenvalue weighted by Crippen LogP contribution is 2.35. The van der Waals surface area contributed by atoms with E-state index >= 15 is 0 Å². The predicted octanol–water partition coefficient (Wildman–Crippen LogP) is 5.40. The Morgan fingerprint density at radius 2 is 1.68 bits per heavy atom. The van der Waals surface area contributed by atoms with Crippen LogP contribution in [0.1, 0.15) is 44.0 Å². The van der Waals surface area contributed by atoms with Crippen LogP contribution in [-0.2, 0) is 18.3 Å². The second kappa shape index (κ2) is 5.76. The molecule has 0 radical (unpaired) electrons. The van der Waals surface area contributed by atoms with E-state index in [4.69, 9.17) is 15.5 Å². The zero-order valence-electron chi connectivity index (χ0n) is 15.1. The van der Waals surface area contributed by atoms with Crippen LogP contribution in [0.4, 0.5) is 5.69 Å². The zero-order chi connectivity index (χ0) is 17.6. The van der Waals surface area contributed by atoms with E-state index in [0.29, 0.717) is 0 Å². The minimum atomic E-state index is 0.141. The van der Waals surface area contributed by atoms with E-state index in [1.807, 2.05) is 30.3 Å². The fraction of sp³-hybridized carbons (Fsp3) is 0.318. The molecule has 1 aromatic heterocycles. The second-order valence-corrected chi connectivity index (χ2v) is 7.86. The summed E-state index contributed by atoms with van der Waals surface area (Å²) in [6.45, 7) is 6.63. The minimum Gasteiger partial charge on any atom is -0.457 e. The van der Waals surface area contributed by atoms with Gasteiger partial charge in [-0.05, 0) is 66.1 Å². The number of aryl methyl sites for hydroxylation is 1. The number of ether oxygens (including phenoxy) is 1. The summed E-state index contributed by atoms with van der Waals surface area (Å²) in [7, 11) is 0. The van der Waals surface area contributed by atoms with Gasteiger partial charge in [-0.25, -0.2) is 0 Å². The van der Waals surface area contributed by atoms with Gasteiger partial charge in [0, 0.05) is 16.8 Å². The van der Waals surface area contributed by atoms with E-state index in [9.17, 15) is 0 Å². The highest BCUT2D eigenvalue weighted by atomic mass is 16.5. The quantitative estimate of drug-likeness (QED) is 0.684. The van der Waals surface area contributed by atoms with E-state index in [1.165, 1.54) is 11.1 Å². The summed E-state index contributed by atoms with van der Waals surface area (Å²) in [5, 5.41) is 0.990. The monoisotopic (exact) mass is 332 g/mol. The molecule has 0 bridgehead atoms. The summed E-state index contributed by atoms with van der Waals surface area (Å²) in [5.74, 6) is 1.63. The maximum Gasteiger partial charge on any atom is 0.128 e. The van der Waals surface area contributed by atoms with Crippen molar-refractivity contribution >= 4 is 16.6 Å². The molecule has 3 nitrogen and oxygen atoms in total. The van der Waals surface area contributed by atoms with Gasteiger partial charge in [0.25, 0.3) is 0 Å². The van der Waals surface area contributed by atoms with Crippen LogP contribution >= 0.6 is 0 Å². The number of benzene rings is 2. The van der Waals surface area contributed by atoms with Crippen molar-refractivity contribution in [1.82, 2.24) is 4.98 Å². The maximum absolute atomic E-state index is 6.40. The van der Waals surface area contributed by atoms with Crippen molar-refractivity contribution in [3.63, 3.8) is 0 Å². The SMILES string of the molecule is CC(C)(C)c1ccc(Oc2ccc3nc4c(c(N)c3c2)CCC4)cc1. The average molecular weight is 332 g/mol. The topological polar surface area (TPSA) is 48.1 Å². The second-order valence-electron chi connectivity index (χ2n) is 7.86. The minimum absolute atomic E-state index is 0.141. The van der Waals surface area contributed by atoms with Gasteiger partial charge in [0.2, 0.25) is 0 Å². The van der Waals surface area contributed by atoms with Crippen molar-refractivity contribution in [3.8, 4) is 11.5 Å². The van der Waals surface area contributed by atoms with Crippen molar-refractivity contribution in [2.24, 2.45) is 0 Å².